The molecule has 0 atom stereocenters. The lowest BCUT2D eigenvalue weighted by Gasteiger charge is -2.37. The standard InChI is InChI=1S/C50H28F4N4O2S3/c1-57-36(21-55)39-25-17-32(51)34(53)19-27(25)44(59)29(39)13-23-15-31-46(61-23)41-42(49(31)9-5-3-6-10-49)48-43(50(41)11-7-4-8-12-50)47-38(63-48)16-24(62-47)14-30-40(37(22-56)58-2)26-18-33(52)35(54)20-28(26)45(30)60/h13-20H,3-12H2/b29-13-,30-14+,39-36+,40-37?. The fraction of sp³-hybridized carbons (Fsp3) is 0.240. The fourth-order valence-corrected chi connectivity index (χ4v) is 15.7. The van der Waals surface area contributed by atoms with E-state index < -0.39 is 34.8 Å². The molecule has 0 radical (unpaired) electrons. The van der Waals surface area contributed by atoms with Gasteiger partial charge in [-0.15, -0.1) is 34.0 Å². The van der Waals surface area contributed by atoms with Crippen molar-refractivity contribution in [3.05, 3.63) is 158 Å². The van der Waals surface area contributed by atoms with Crippen LogP contribution in [-0.2, 0) is 10.8 Å². The molecule has 0 bridgehead atoms. The average Bonchev–Trinajstić information content (AvgIpc) is 4.13. The van der Waals surface area contributed by atoms with Crippen LogP contribution in [0.4, 0.5) is 17.6 Å². The summed E-state index contributed by atoms with van der Waals surface area (Å²) in [5.74, 6) is -5.89. The van der Waals surface area contributed by atoms with E-state index in [1.54, 1.807) is 34.8 Å². The Bertz CT molecular complexity index is 3350. The Labute approximate surface area is 370 Å². The second-order valence-electron chi connectivity index (χ2n) is 16.9. The van der Waals surface area contributed by atoms with Crippen molar-refractivity contribution >= 4 is 89.4 Å². The number of hydrogen-bond acceptors (Lipinski definition) is 7. The molecule has 0 N–H and O–H groups in total. The number of fused-ring (bicyclic) bond motifs is 12. The zero-order valence-corrected chi connectivity index (χ0v) is 35.5. The molecule has 5 aromatic rings. The molecule has 2 fully saturated rings. The van der Waals surface area contributed by atoms with Crippen LogP contribution in [0.25, 0.3) is 53.5 Å². The maximum Gasteiger partial charge on any atom is 0.270 e. The molecule has 2 saturated carbocycles. The van der Waals surface area contributed by atoms with Gasteiger partial charge in [-0.1, -0.05) is 38.5 Å². The first-order chi connectivity index (χ1) is 30.5. The lowest BCUT2D eigenvalue weighted by Crippen LogP contribution is -2.28. The first-order valence-corrected chi connectivity index (χ1v) is 23.0. The molecule has 3 aromatic heterocycles. The molecule has 6 nitrogen and oxygen atoms in total. The molecule has 2 spiro atoms. The molecule has 0 amide bonds. The Morgan fingerprint density at radius 2 is 1.06 bits per heavy atom. The van der Waals surface area contributed by atoms with Gasteiger partial charge in [-0.2, -0.15) is 0 Å². The molecule has 0 aliphatic heterocycles. The SMILES string of the molecule is [C-]#[N+]C(C#N)=C1/C(=C\c2cc3sc4c(c3s2)C2(CCCCC2)C2=C4C3(CCCCC3)c3cc(/C=C4\C(=O)c5cc(F)c(F)cc5\C4=C(\C#N)[N+]#[C-])sc32)C(=O)c2cc(F)c(F)cc21. The van der Waals surface area contributed by atoms with E-state index in [-0.39, 0.29) is 66.8 Å². The molecule has 63 heavy (non-hydrogen) atoms. The summed E-state index contributed by atoms with van der Waals surface area (Å²) in [4.78, 5) is 38.4. The minimum Gasteiger partial charge on any atom is -0.289 e. The molecule has 2 aromatic carbocycles. The van der Waals surface area contributed by atoms with Crippen LogP contribution in [0, 0.1) is 59.1 Å². The molecular formula is C50H28F4N4O2S3. The molecule has 306 valence electrons. The predicted molar refractivity (Wildman–Crippen MR) is 236 cm³/mol. The van der Waals surface area contributed by atoms with E-state index in [9.17, 15) is 37.7 Å². The number of nitrogens with zero attached hydrogens (tertiary/aromatic N) is 4. The predicted octanol–water partition coefficient (Wildman–Crippen LogP) is 13.8. The van der Waals surface area contributed by atoms with Gasteiger partial charge in [-0.3, -0.25) is 9.59 Å². The molecule has 11 rings (SSSR count). The summed E-state index contributed by atoms with van der Waals surface area (Å²) in [5, 5.41) is 19.8. The van der Waals surface area contributed by atoms with Crippen LogP contribution in [0.2, 0.25) is 0 Å². The first kappa shape index (κ1) is 39.4. The van der Waals surface area contributed by atoms with Crippen molar-refractivity contribution in [3.8, 4) is 12.1 Å². The highest BCUT2D eigenvalue weighted by molar-refractivity contribution is 7.29. The monoisotopic (exact) mass is 888 g/mol. The van der Waals surface area contributed by atoms with Gasteiger partial charge in [-0.25, -0.2) is 37.8 Å². The zero-order valence-electron chi connectivity index (χ0n) is 33.0. The second kappa shape index (κ2) is 14.0. The number of ketones is 2. The summed E-state index contributed by atoms with van der Waals surface area (Å²) in [6, 6.07) is 11.3. The Balaban J connectivity index is 1.08. The topological polar surface area (TPSA) is 90.4 Å². The van der Waals surface area contributed by atoms with Gasteiger partial charge in [0.15, 0.2) is 34.8 Å². The van der Waals surface area contributed by atoms with Crippen molar-refractivity contribution in [1.29, 1.82) is 10.5 Å². The van der Waals surface area contributed by atoms with Gasteiger partial charge >= 0.3 is 0 Å². The summed E-state index contributed by atoms with van der Waals surface area (Å²) in [6.07, 6.45) is 13.4. The van der Waals surface area contributed by atoms with Gasteiger partial charge in [0.1, 0.15) is 0 Å². The molecule has 0 unspecified atom stereocenters. The number of nitriles is 2. The summed E-state index contributed by atoms with van der Waals surface area (Å²) in [5.41, 5.74) is 3.83. The van der Waals surface area contributed by atoms with Crippen molar-refractivity contribution < 1.29 is 27.2 Å². The van der Waals surface area contributed by atoms with Crippen LogP contribution in [0.5, 0.6) is 0 Å². The first-order valence-electron chi connectivity index (χ1n) is 20.5. The smallest absolute Gasteiger partial charge is 0.270 e. The number of rotatable bonds is 2. The summed E-state index contributed by atoms with van der Waals surface area (Å²) < 4.78 is 60.2. The number of Topliss-reactive ketones (excluding diaryl/α,β-unsaturated/α-hetero) is 2. The van der Waals surface area contributed by atoms with E-state index in [4.69, 9.17) is 13.1 Å². The summed E-state index contributed by atoms with van der Waals surface area (Å²) >= 11 is 4.86. The Morgan fingerprint density at radius 3 is 1.56 bits per heavy atom. The lowest BCUT2D eigenvalue weighted by atomic mass is 9.67. The third-order valence-corrected chi connectivity index (χ3v) is 17.3. The fourth-order valence-electron chi connectivity index (χ4n) is 11.4. The van der Waals surface area contributed by atoms with E-state index in [2.05, 4.69) is 15.8 Å². The Morgan fingerprint density at radius 1 is 0.603 bits per heavy atom. The number of allylic oxidation sites excluding steroid dienone is 8. The largest absolute Gasteiger partial charge is 0.289 e. The van der Waals surface area contributed by atoms with Crippen LogP contribution in [-0.4, -0.2) is 11.6 Å². The molecule has 13 heteroatoms. The van der Waals surface area contributed by atoms with Crippen molar-refractivity contribution in [2.24, 2.45) is 0 Å². The quantitative estimate of drug-likeness (QED) is 0.0764. The van der Waals surface area contributed by atoms with Gasteiger partial charge in [0.25, 0.3) is 11.4 Å². The maximum atomic E-state index is 14.6. The number of thiophene rings is 3. The number of halogens is 4. The van der Waals surface area contributed by atoms with E-state index in [1.165, 1.54) is 43.4 Å². The summed E-state index contributed by atoms with van der Waals surface area (Å²) in [6.45, 7) is 15.4. The minimum absolute atomic E-state index is 0.00364. The Hall–Kier alpha value is -6.48. The van der Waals surface area contributed by atoms with E-state index in [1.807, 2.05) is 18.2 Å². The lowest BCUT2D eigenvalue weighted by molar-refractivity contribution is 0.103. The van der Waals surface area contributed by atoms with Crippen molar-refractivity contribution in [3.63, 3.8) is 0 Å². The summed E-state index contributed by atoms with van der Waals surface area (Å²) in [7, 11) is 0. The van der Waals surface area contributed by atoms with Gasteiger partial charge in [0, 0.05) is 68.5 Å². The number of carbonyl (C=O) groups is 2. The second-order valence-corrected chi connectivity index (χ2v) is 20.1. The van der Waals surface area contributed by atoms with E-state index in [0.29, 0.717) is 4.88 Å². The zero-order chi connectivity index (χ0) is 43.7. The highest BCUT2D eigenvalue weighted by Crippen LogP contribution is 2.73. The third-order valence-electron chi connectivity index (χ3n) is 13.9. The highest BCUT2D eigenvalue weighted by atomic mass is 32.1. The van der Waals surface area contributed by atoms with Gasteiger partial charge < -0.3 is 0 Å². The van der Waals surface area contributed by atoms with E-state index >= 15 is 0 Å². The Kier molecular flexibility index (Phi) is 8.76. The third kappa shape index (κ3) is 5.28. The van der Waals surface area contributed by atoms with Gasteiger partial charge in [0.2, 0.25) is 0 Å². The molecule has 3 heterocycles. The highest BCUT2D eigenvalue weighted by Gasteiger charge is 2.59. The molecular weight excluding hydrogens is 861 g/mol. The van der Waals surface area contributed by atoms with Gasteiger partial charge in [-0.05, 0) is 108 Å². The van der Waals surface area contributed by atoms with Crippen molar-refractivity contribution in [2.75, 3.05) is 0 Å². The van der Waals surface area contributed by atoms with Gasteiger partial charge in [0.05, 0.1) is 30.0 Å². The number of carbonyl (C=O) groups excluding carboxylic acids is 2. The normalized spacial score (nSPS) is 21.7. The van der Waals surface area contributed by atoms with Crippen LogP contribution in [0.3, 0.4) is 0 Å². The average molecular weight is 889 g/mol. The van der Waals surface area contributed by atoms with Crippen LogP contribution in [0.15, 0.2) is 58.9 Å². The maximum absolute atomic E-state index is 14.6. The van der Waals surface area contributed by atoms with Crippen LogP contribution < -0.4 is 0 Å². The number of benzene rings is 2. The van der Waals surface area contributed by atoms with E-state index in [0.717, 1.165) is 103 Å². The van der Waals surface area contributed by atoms with Crippen LogP contribution >= 0.6 is 34.0 Å². The molecule has 6 aliphatic carbocycles. The minimum atomic E-state index is -1.19. The molecule has 0 saturated heterocycles. The molecule has 6 aliphatic rings. The van der Waals surface area contributed by atoms with Crippen LogP contribution in [0.1, 0.15) is 127 Å². The van der Waals surface area contributed by atoms with Crippen molar-refractivity contribution in [2.45, 2.75) is 75.0 Å². The number of hydrogen-bond donors (Lipinski definition) is 0. The van der Waals surface area contributed by atoms with Crippen molar-refractivity contribution in [1.82, 2.24) is 0 Å².